The Hall–Kier alpha value is -1.43. The molecule has 12 heteroatoms. The molecule has 1 aromatic carbocycles. The second kappa shape index (κ2) is 9.59. The van der Waals surface area contributed by atoms with Gasteiger partial charge < -0.3 is 19.1 Å². The van der Waals surface area contributed by atoms with E-state index < -0.39 is 22.6 Å². The van der Waals surface area contributed by atoms with Gasteiger partial charge in [0.05, 0.1) is 42.0 Å². The molecule has 0 radical (unpaired) electrons. The molecule has 2 fully saturated rings. The smallest absolute Gasteiger partial charge is 0.340 e. The fourth-order valence-corrected chi connectivity index (χ4v) is 5.15. The molecule has 0 aromatic heterocycles. The van der Waals surface area contributed by atoms with Gasteiger partial charge in [0.15, 0.2) is 6.61 Å². The van der Waals surface area contributed by atoms with Gasteiger partial charge in [0.25, 0.3) is 5.91 Å². The minimum Gasteiger partial charge on any atom is -0.452 e. The number of halogens is 2. The molecule has 160 valence electrons. The van der Waals surface area contributed by atoms with Gasteiger partial charge in [0.2, 0.25) is 10.0 Å². The summed E-state index contributed by atoms with van der Waals surface area (Å²) in [7, 11) is -3.95. The summed E-state index contributed by atoms with van der Waals surface area (Å²) in [5.74, 6) is -1.28. The number of carbonyl (C=O) groups excluding carboxylic acids is 2. The van der Waals surface area contributed by atoms with Gasteiger partial charge in [-0.25, -0.2) is 13.2 Å². The average molecular weight is 467 g/mol. The van der Waals surface area contributed by atoms with Crippen molar-refractivity contribution in [3.8, 4) is 0 Å². The Balaban J connectivity index is 1.76. The molecule has 0 aliphatic carbocycles. The van der Waals surface area contributed by atoms with E-state index in [9.17, 15) is 18.0 Å². The van der Waals surface area contributed by atoms with E-state index in [1.165, 1.54) is 15.3 Å². The lowest BCUT2D eigenvalue weighted by atomic mass is 10.2. The molecule has 0 spiro atoms. The molecular formula is C17H20Cl2N2O7S. The van der Waals surface area contributed by atoms with E-state index in [-0.39, 0.29) is 52.7 Å². The van der Waals surface area contributed by atoms with Crippen LogP contribution in [0.3, 0.4) is 0 Å². The molecule has 2 aliphatic heterocycles. The van der Waals surface area contributed by atoms with E-state index in [0.29, 0.717) is 26.3 Å². The summed E-state index contributed by atoms with van der Waals surface area (Å²) in [6.07, 6.45) is 0. The first-order valence-electron chi connectivity index (χ1n) is 8.90. The average Bonchev–Trinajstić information content (AvgIpc) is 2.73. The number of hydrogen-bond donors (Lipinski definition) is 0. The fourth-order valence-electron chi connectivity index (χ4n) is 2.92. The van der Waals surface area contributed by atoms with Crippen LogP contribution in [-0.4, -0.2) is 88.7 Å². The topological polar surface area (TPSA) is 102 Å². The highest BCUT2D eigenvalue weighted by Crippen LogP contribution is 2.31. The number of benzene rings is 1. The van der Waals surface area contributed by atoms with Crippen molar-refractivity contribution >= 4 is 45.1 Å². The van der Waals surface area contributed by atoms with Crippen LogP contribution in [0.15, 0.2) is 17.0 Å². The first-order valence-corrected chi connectivity index (χ1v) is 11.1. The second-order valence-corrected chi connectivity index (χ2v) is 9.07. The van der Waals surface area contributed by atoms with E-state index in [1.54, 1.807) is 0 Å². The quantitative estimate of drug-likeness (QED) is 0.596. The van der Waals surface area contributed by atoms with Gasteiger partial charge in [-0.05, 0) is 12.1 Å². The zero-order valence-electron chi connectivity index (χ0n) is 15.4. The van der Waals surface area contributed by atoms with Crippen LogP contribution >= 0.6 is 23.2 Å². The third-order valence-corrected chi connectivity index (χ3v) is 7.20. The Kier molecular flexibility index (Phi) is 7.36. The third kappa shape index (κ3) is 5.19. The summed E-state index contributed by atoms with van der Waals surface area (Å²) in [5.41, 5.74) is -0.183. The van der Waals surface area contributed by atoms with Crippen LogP contribution in [0, 0.1) is 0 Å². The number of esters is 1. The summed E-state index contributed by atoms with van der Waals surface area (Å²) >= 11 is 12.2. The lowest BCUT2D eigenvalue weighted by molar-refractivity contribution is -0.138. The molecular weight excluding hydrogens is 447 g/mol. The minimum absolute atomic E-state index is 0.0697. The molecule has 3 rings (SSSR count). The molecule has 0 atom stereocenters. The van der Waals surface area contributed by atoms with Gasteiger partial charge >= 0.3 is 5.97 Å². The Morgan fingerprint density at radius 3 is 2.17 bits per heavy atom. The van der Waals surface area contributed by atoms with Gasteiger partial charge in [0.1, 0.15) is 4.90 Å². The summed E-state index contributed by atoms with van der Waals surface area (Å²) in [4.78, 5) is 25.8. The first kappa shape index (κ1) is 22.3. The highest BCUT2D eigenvalue weighted by Gasteiger charge is 2.30. The van der Waals surface area contributed by atoms with Crippen LogP contribution in [-0.2, 0) is 29.0 Å². The Labute approximate surface area is 178 Å². The number of rotatable bonds is 5. The maximum Gasteiger partial charge on any atom is 0.340 e. The van der Waals surface area contributed by atoms with Gasteiger partial charge in [-0.3, -0.25) is 4.79 Å². The normalized spacial score (nSPS) is 18.5. The van der Waals surface area contributed by atoms with Crippen LogP contribution < -0.4 is 0 Å². The fraction of sp³-hybridized carbons (Fsp3) is 0.529. The molecule has 2 aliphatic rings. The summed E-state index contributed by atoms with van der Waals surface area (Å²) in [6, 6.07) is 2.26. The van der Waals surface area contributed by atoms with Gasteiger partial charge in [-0.1, -0.05) is 23.2 Å². The Morgan fingerprint density at radius 2 is 1.55 bits per heavy atom. The van der Waals surface area contributed by atoms with E-state index in [4.69, 9.17) is 37.4 Å². The number of carbonyl (C=O) groups is 2. The molecule has 0 saturated carbocycles. The van der Waals surface area contributed by atoms with Gasteiger partial charge in [-0.15, -0.1) is 0 Å². The van der Waals surface area contributed by atoms with Crippen molar-refractivity contribution in [2.24, 2.45) is 0 Å². The van der Waals surface area contributed by atoms with Crippen LogP contribution in [0.5, 0.6) is 0 Å². The zero-order valence-corrected chi connectivity index (χ0v) is 17.8. The number of morpholine rings is 2. The molecule has 0 unspecified atom stereocenters. The van der Waals surface area contributed by atoms with Crippen LogP contribution in [0.2, 0.25) is 10.0 Å². The maximum absolute atomic E-state index is 12.9. The van der Waals surface area contributed by atoms with Crippen molar-refractivity contribution in [1.82, 2.24) is 9.21 Å². The van der Waals surface area contributed by atoms with Crippen LogP contribution in [0.1, 0.15) is 10.4 Å². The zero-order chi connectivity index (χ0) is 21.0. The molecule has 2 heterocycles. The number of nitrogens with zero attached hydrogens (tertiary/aromatic N) is 2. The van der Waals surface area contributed by atoms with Crippen molar-refractivity contribution in [2.75, 3.05) is 59.2 Å². The maximum atomic E-state index is 12.9. The largest absolute Gasteiger partial charge is 0.452 e. The van der Waals surface area contributed by atoms with Crippen LogP contribution in [0.25, 0.3) is 0 Å². The number of ether oxygens (including phenoxy) is 3. The lowest BCUT2D eigenvalue weighted by Gasteiger charge is -2.27. The second-order valence-electron chi connectivity index (χ2n) is 6.35. The molecule has 9 nitrogen and oxygen atoms in total. The molecule has 1 aromatic rings. The van der Waals surface area contributed by atoms with Crippen molar-refractivity contribution in [3.05, 3.63) is 27.7 Å². The number of sulfonamides is 1. The van der Waals surface area contributed by atoms with Gasteiger partial charge in [0, 0.05) is 26.2 Å². The summed E-state index contributed by atoms with van der Waals surface area (Å²) in [5, 5.41) is -0.179. The summed E-state index contributed by atoms with van der Waals surface area (Å²) < 4.78 is 42.4. The number of amides is 1. The van der Waals surface area contributed by atoms with E-state index >= 15 is 0 Å². The van der Waals surface area contributed by atoms with Crippen LogP contribution in [0.4, 0.5) is 0 Å². The molecule has 0 N–H and O–H groups in total. The third-order valence-electron chi connectivity index (χ3n) is 4.52. The predicted molar refractivity (Wildman–Crippen MR) is 104 cm³/mol. The minimum atomic E-state index is -3.95. The first-order chi connectivity index (χ1) is 13.8. The predicted octanol–water partition coefficient (Wildman–Crippen LogP) is 1.03. The molecule has 1 amide bonds. The Morgan fingerprint density at radius 1 is 0.966 bits per heavy atom. The van der Waals surface area contributed by atoms with E-state index in [2.05, 4.69) is 0 Å². The number of hydrogen-bond acceptors (Lipinski definition) is 7. The standard InChI is InChI=1S/C17H20Cl2N2O7S/c18-13-10-14(19)15(29(24,25)21-3-7-27-8-4-21)9-12(13)17(23)28-11-16(22)20-1-5-26-6-2-20/h9-10H,1-8,11H2. The monoisotopic (exact) mass is 466 g/mol. The highest BCUT2D eigenvalue weighted by atomic mass is 35.5. The highest BCUT2D eigenvalue weighted by molar-refractivity contribution is 7.89. The van der Waals surface area contributed by atoms with Crippen molar-refractivity contribution in [2.45, 2.75) is 4.90 Å². The van der Waals surface area contributed by atoms with Gasteiger partial charge in [-0.2, -0.15) is 4.31 Å². The van der Waals surface area contributed by atoms with Crippen molar-refractivity contribution < 1.29 is 32.2 Å². The van der Waals surface area contributed by atoms with Crippen molar-refractivity contribution in [3.63, 3.8) is 0 Å². The molecule has 0 bridgehead atoms. The molecule has 29 heavy (non-hydrogen) atoms. The summed E-state index contributed by atoms with van der Waals surface area (Å²) in [6.45, 7) is 2.08. The molecule has 2 saturated heterocycles. The SMILES string of the molecule is O=C(OCC(=O)N1CCOCC1)c1cc(S(=O)(=O)N2CCOCC2)c(Cl)cc1Cl. The van der Waals surface area contributed by atoms with E-state index in [0.717, 1.165) is 6.07 Å². The van der Waals surface area contributed by atoms with E-state index in [1.807, 2.05) is 0 Å². The lowest BCUT2D eigenvalue weighted by Crippen LogP contribution is -2.42. The Bertz CT molecular complexity index is 882. The van der Waals surface area contributed by atoms with Crippen molar-refractivity contribution in [1.29, 1.82) is 0 Å².